The first-order chi connectivity index (χ1) is 19.8. The third kappa shape index (κ3) is 6.34. The molecule has 0 saturated heterocycles. The highest BCUT2D eigenvalue weighted by Crippen LogP contribution is 2.55. The molecule has 1 aromatic heterocycles. The van der Waals surface area contributed by atoms with Crippen molar-refractivity contribution in [1.82, 2.24) is 20.4 Å². The van der Waals surface area contributed by atoms with E-state index in [1.54, 1.807) is 16.8 Å². The molecule has 2 N–H and O–H groups in total. The predicted octanol–water partition coefficient (Wildman–Crippen LogP) is 8.66. The van der Waals surface area contributed by atoms with Gasteiger partial charge in [-0.15, -0.1) is 0 Å². The Hall–Kier alpha value is -2.05. The zero-order chi connectivity index (χ0) is 28.6. The number of nitrogens with zero attached hydrogens (tertiary/aromatic N) is 2. The summed E-state index contributed by atoms with van der Waals surface area (Å²) in [5.41, 5.74) is 3.97. The molecule has 41 heavy (non-hydrogen) atoms. The highest BCUT2D eigenvalue weighted by molar-refractivity contribution is 6.35. The average Bonchev–Trinajstić information content (AvgIpc) is 3.26. The second kappa shape index (κ2) is 12.3. The van der Waals surface area contributed by atoms with Crippen LogP contribution in [0.15, 0.2) is 42.5 Å². The Balaban J connectivity index is 1.03. The Morgan fingerprint density at radius 1 is 0.878 bits per heavy atom. The van der Waals surface area contributed by atoms with E-state index < -0.39 is 0 Å². The molecular weight excluding hydrogens is 575 g/mol. The molecule has 0 aliphatic heterocycles. The maximum Gasteiger partial charge on any atom is 0.272 e. The molecule has 4 saturated carbocycles. The number of amides is 1. The third-order valence-corrected chi connectivity index (χ3v) is 10.3. The van der Waals surface area contributed by atoms with Crippen LogP contribution in [0.1, 0.15) is 80.3 Å². The van der Waals surface area contributed by atoms with Crippen LogP contribution in [0, 0.1) is 24.7 Å². The monoisotopic (exact) mass is 612 g/mol. The van der Waals surface area contributed by atoms with Gasteiger partial charge in [-0.1, -0.05) is 59.8 Å². The summed E-state index contributed by atoms with van der Waals surface area (Å²) in [5, 5.41) is 13.5. The van der Waals surface area contributed by atoms with Crippen molar-refractivity contribution in [3.8, 4) is 16.9 Å². The fraction of sp³-hybridized carbons (Fsp3) is 0.515. The van der Waals surface area contributed by atoms with Crippen LogP contribution in [0.4, 0.5) is 0 Å². The third-order valence-electron chi connectivity index (χ3n) is 9.52. The maximum atomic E-state index is 13.3. The number of carbonyl (C=O) groups is 1. The van der Waals surface area contributed by atoms with Gasteiger partial charge >= 0.3 is 0 Å². The van der Waals surface area contributed by atoms with Crippen LogP contribution in [0.3, 0.4) is 0 Å². The molecule has 0 spiro atoms. The number of rotatable bonds is 11. The van der Waals surface area contributed by atoms with Crippen molar-refractivity contribution in [3.63, 3.8) is 0 Å². The summed E-state index contributed by atoms with van der Waals surface area (Å²) in [6, 6.07) is 12.8. The van der Waals surface area contributed by atoms with Crippen LogP contribution in [0.5, 0.6) is 0 Å². The van der Waals surface area contributed by atoms with Gasteiger partial charge in [0.2, 0.25) is 0 Å². The van der Waals surface area contributed by atoms with Crippen molar-refractivity contribution in [1.29, 1.82) is 0 Å². The van der Waals surface area contributed by atoms with Crippen molar-refractivity contribution in [3.05, 3.63) is 68.8 Å². The van der Waals surface area contributed by atoms with E-state index in [2.05, 4.69) is 10.6 Å². The summed E-state index contributed by atoms with van der Waals surface area (Å²) < 4.78 is 1.73. The Kier molecular flexibility index (Phi) is 8.70. The highest BCUT2D eigenvalue weighted by Gasteiger charge is 2.50. The molecule has 0 atom stereocenters. The molecule has 218 valence electrons. The Morgan fingerprint density at radius 2 is 1.49 bits per heavy atom. The largest absolute Gasteiger partial charge is 0.351 e. The minimum absolute atomic E-state index is 0.176. The van der Waals surface area contributed by atoms with Crippen LogP contribution in [0.25, 0.3) is 16.9 Å². The number of aromatic nitrogens is 2. The number of nitrogens with one attached hydrogen (secondary N) is 2. The molecule has 2 aromatic carbocycles. The first-order valence-corrected chi connectivity index (χ1v) is 16.3. The van der Waals surface area contributed by atoms with Gasteiger partial charge in [0.1, 0.15) is 0 Å². The lowest BCUT2D eigenvalue weighted by Crippen LogP contribution is -2.58. The molecule has 5 nitrogen and oxygen atoms in total. The first kappa shape index (κ1) is 29.0. The molecule has 1 heterocycles. The summed E-state index contributed by atoms with van der Waals surface area (Å²) in [6.07, 6.45) is 13.1. The van der Waals surface area contributed by atoms with Crippen LogP contribution in [-0.2, 0) is 0 Å². The number of benzene rings is 2. The Morgan fingerprint density at radius 3 is 2.12 bits per heavy atom. The van der Waals surface area contributed by atoms with E-state index in [-0.39, 0.29) is 5.91 Å². The molecule has 4 aliphatic rings. The predicted molar refractivity (Wildman–Crippen MR) is 168 cm³/mol. The standard InChI is InChI=1S/C33H39Cl3N4O/c1-21-30(39-40(29-11-10-27(35)17-28(29)36)31(21)25-6-8-26(34)9-7-25)32(41)37-12-4-2-3-5-13-38-33-18-22-14-23(19-33)16-24(15-22)20-33/h6-11,17,22-24,38H,2-5,12-16,18-20H2,1H3,(H,37,41). The summed E-state index contributed by atoms with van der Waals surface area (Å²) in [6.45, 7) is 3.67. The van der Waals surface area contributed by atoms with E-state index in [9.17, 15) is 4.79 Å². The lowest BCUT2D eigenvalue weighted by Gasteiger charge is -2.57. The quantitative estimate of drug-likeness (QED) is 0.213. The van der Waals surface area contributed by atoms with Gasteiger partial charge in [0.15, 0.2) is 5.69 Å². The fourth-order valence-corrected chi connectivity index (χ4v) is 8.67. The zero-order valence-corrected chi connectivity index (χ0v) is 26.0. The molecule has 4 fully saturated rings. The van der Waals surface area contributed by atoms with Gasteiger partial charge in [-0.05, 0) is 113 Å². The minimum atomic E-state index is -0.176. The molecule has 3 aromatic rings. The summed E-state index contributed by atoms with van der Waals surface area (Å²) in [5.74, 6) is 2.78. The molecule has 4 aliphatic carbocycles. The van der Waals surface area contributed by atoms with Crippen LogP contribution >= 0.6 is 34.8 Å². The van der Waals surface area contributed by atoms with E-state index in [1.165, 1.54) is 51.4 Å². The van der Waals surface area contributed by atoms with Crippen molar-refractivity contribution in [2.45, 2.75) is 76.7 Å². The van der Waals surface area contributed by atoms with Gasteiger partial charge in [0.25, 0.3) is 5.91 Å². The Labute approximate surface area is 258 Å². The first-order valence-electron chi connectivity index (χ1n) is 15.1. The van der Waals surface area contributed by atoms with Crippen molar-refractivity contribution < 1.29 is 4.79 Å². The fourth-order valence-electron chi connectivity index (χ4n) is 8.06. The summed E-state index contributed by atoms with van der Waals surface area (Å²) in [7, 11) is 0. The van der Waals surface area contributed by atoms with Crippen LogP contribution in [-0.4, -0.2) is 34.3 Å². The molecule has 0 unspecified atom stereocenters. The number of hydrogen-bond acceptors (Lipinski definition) is 3. The van der Waals surface area contributed by atoms with Crippen molar-refractivity contribution in [2.24, 2.45) is 17.8 Å². The minimum Gasteiger partial charge on any atom is -0.351 e. The van der Waals surface area contributed by atoms with Crippen LogP contribution in [0.2, 0.25) is 15.1 Å². The second-order valence-corrected chi connectivity index (χ2v) is 13.9. The normalized spacial score (nSPS) is 24.6. The number of halogens is 3. The lowest BCUT2D eigenvalue weighted by atomic mass is 9.53. The van der Waals surface area contributed by atoms with E-state index in [0.717, 1.165) is 54.0 Å². The maximum absolute atomic E-state index is 13.3. The number of unbranched alkanes of at least 4 members (excludes halogenated alkanes) is 3. The van der Waals surface area contributed by atoms with Crippen molar-refractivity contribution in [2.75, 3.05) is 13.1 Å². The molecule has 7 rings (SSSR count). The molecule has 0 radical (unpaired) electrons. The lowest BCUT2D eigenvalue weighted by molar-refractivity contribution is -0.0196. The second-order valence-electron chi connectivity index (χ2n) is 12.6. The van der Waals surface area contributed by atoms with E-state index >= 15 is 0 Å². The van der Waals surface area contributed by atoms with Gasteiger partial charge in [0.05, 0.1) is 16.4 Å². The van der Waals surface area contributed by atoms with E-state index in [1.807, 2.05) is 37.3 Å². The topological polar surface area (TPSA) is 59.0 Å². The van der Waals surface area contributed by atoms with Gasteiger partial charge in [-0.3, -0.25) is 4.79 Å². The average molecular weight is 614 g/mol. The summed E-state index contributed by atoms with van der Waals surface area (Å²) in [4.78, 5) is 13.3. The molecular formula is C33H39Cl3N4O. The van der Waals surface area contributed by atoms with Gasteiger partial charge in [0, 0.05) is 33.3 Å². The van der Waals surface area contributed by atoms with E-state index in [0.29, 0.717) is 38.5 Å². The smallest absolute Gasteiger partial charge is 0.272 e. The van der Waals surface area contributed by atoms with Gasteiger partial charge in [-0.25, -0.2) is 4.68 Å². The molecule has 4 bridgehead atoms. The van der Waals surface area contributed by atoms with Crippen LogP contribution < -0.4 is 10.6 Å². The van der Waals surface area contributed by atoms with Gasteiger partial charge < -0.3 is 10.6 Å². The Bertz CT molecular complexity index is 1360. The van der Waals surface area contributed by atoms with Gasteiger partial charge in [-0.2, -0.15) is 5.10 Å². The number of carbonyl (C=O) groups excluding carboxylic acids is 1. The SMILES string of the molecule is Cc1c(C(=O)NCCCCCCNC23CC4CC(CC(C4)C2)C3)nn(-c2ccc(Cl)cc2Cl)c1-c1ccc(Cl)cc1. The molecule has 1 amide bonds. The van der Waals surface area contributed by atoms with Crippen molar-refractivity contribution >= 4 is 40.7 Å². The number of hydrogen-bond donors (Lipinski definition) is 2. The summed E-state index contributed by atoms with van der Waals surface area (Å²) >= 11 is 18.8. The highest BCUT2D eigenvalue weighted by atomic mass is 35.5. The zero-order valence-electron chi connectivity index (χ0n) is 23.7. The molecule has 8 heteroatoms. The van der Waals surface area contributed by atoms with E-state index in [4.69, 9.17) is 39.9 Å².